The zero-order valence-electron chi connectivity index (χ0n) is 25.6. The van der Waals surface area contributed by atoms with Crippen LogP contribution in [-0.2, 0) is 0 Å². The summed E-state index contributed by atoms with van der Waals surface area (Å²) in [7, 11) is 2.20. The fourth-order valence-corrected chi connectivity index (χ4v) is 4.30. The summed E-state index contributed by atoms with van der Waals surface area (Å²) in [5.41, 5.74) is 2.34. The Bertz CT molecular complexity index is 1170. The Morgan fingerprint density at radius 1 is 0.610 bits per heavy atom. The maximum atomic E-state index is 2.42. The van der Waals surface area contributed by atoms with Gasteiger partial charge in [-0.25, -0.2) is 5.01 Å². The van der Waals surface area contributed by atoms with E-state index in [1.54, 1.807) is 0 Å². The Morgan fingerprint density at radius 3 is 1.71 bits per heavy atom. The van der Waals surface area contributed by atoms with E-state index in [1.807, 2.05) is 36.5 Å². The first kappa shape index (κ1) is 33.3. The third kappa shape index (κ3) is 13.8. The van der Waals surface area contributed by atoms with Crippen LogP contribution >= 0.6 is 0 Å². The van der Waals surface area contributed by atoms with Crippen molar-refractivity contribution in [1.29, 1.82) is 0 Å². The molecule has 0 heterocycles. The lowest BCUT2D eigenvalue weighted by Crippen LogP contribution is -2.49. The van der Waals surface area contributed by atoms with Crippen LogP contribution in [0, 0.1) is 0 Å². The van der Waals surface area contributed by atoms with Gasteiger partial charge < -0.3 is 0 Å². The van der Waals surface area contributed by atoms with E-state index in [0.29, 0.717) is 0 Å². The maximum absolute atomic E-state index is 2.42. The highest BCUT2D eigenvalue weighted by Crippen LogP contribution is 2.23. The zero-order valence-corrected chi connectivity index (χ0v) is 25.6. The molecule has 216 valence electrons. The number of allylic oxidation sites excluding steroid dienone is 23. The normalized spacial score (nSPS) is 27.7. The van der Waals surface area contributed by atoms with Crippen LogP contribution in [0.5, 0.6) is 0 Å². The largest absolute Gasteiger partial charge is 0.295 e. The number of nitrogens with zero attached hydrogens (tertiary/aromatic N) is 2. The Balaban J connectivity index is 2.58. The minimum absolute atomic E-state index is 0.0694. The van der Waals surface area contributed by atoms with Gasteiger partial charge in [-0.3, -0.25) is 5.01 Å². The number of unbranched alkanes of at least 4 members (excludes halogenated alkanes) is 3. The Morgan fingerprint density at radius 2 is 1.12 bits per heavy atom. The highest BCUT2D eigenvalue weighted by atomic mass is 15.6. The molecule has 0 aliphatic heterocycles. The van der Waals surface area contributed by atoms with Crippen molar-refractivity contribution in [2.75, 3.05) is 7.05 Å². The van der Waals surface area contributed by atoms with E-state index in [9.17, 15) is 0 Å². The second-order valence-electron chi connectivity index (χ2n) is 9.90. The molecule has 2 unspecified atom stereocenters. The third-order valence-corrected chi connectivity index (χ3v) is 6.70. The molecule has 41 heavy (non-hydrogen) atoms. The summed E-state index contributed by atoms with van der Waals surface area (Å²) in [6, 6.07) is 0.177. The van der Waals surface area contributed by atoms with E-state index in [1.165, 1.54) is 24.8 Å². The molecule has 0 fully saturated rings. The van der Waals surface area contributed by atoms with Crippen LogP contribution in [0.3, 0.4) is 0 Å². The van der Waals surface area contributed by atoms with E-state index in [-0.39, 0.29) is 12.1 Å². The van der Waals surface area contributed by atoms with Crippen LogP contribution in [0.4, 0.5) is 0 Å². The van der Waals surface area contributed by atoms with Gasteiger partial charge in [-0.05, 0) is 43.9 Å². The second-order valence-corrected chi connectivity index (χ2v) is 9.90. The van der Waals surface area contributed by atoms with Crippen LogP contribution in [0.1, 0.15) is 52.9 Å². The average Bonchev–Trinajstić information content (AvgIpc) is 2.96. The smallest absolute Gasteiger partial charge is 0.0818 e. The van der Waals surface area contributed by atoms with E-state index in [0.717, 1.165) is 18.5 Å². The van der Waals surface area contributed by atoms with Gasteiger partial charge in [0.1, 0.15) is 0 Å². The Labute approximate surface area is 250 Å². The summed E-state index contributed by atoms with van der Waals surface area (Å²) >= 11 is 0. The summed E-state index contributed by atoms with van der Waals surface area (Å²) in [5, 5.41) is 4.78. The standard InChI is InChI=1S/C39H50N2/c1-5-7-9-20-27-33-38(32-8-6-2)41(39-34-28-23-18-14-11-15-19-24-29-35-39)40(4)36(3)37-30-25-21-16-12-10-13-17-22-26-31-37/h8,10-19,21-36,38H,5-7,9,20H2,1-4H3/b12-10-,13-10?,14-11-,15-11?,16-12?,17-13-,18-14?,19-15-,21-16-,22-17?,23-18-,24-19?,25-21?,26-22-,28-23?,29-24-,30-25-,31-26?,32-8-,33-27-,34-28-,35-29?,37-30?,37-31+,39-34?,39-35+. The molecule has 0 aromatic carbocycles. The molecule has 0 spiro atoms. The lowest BCUT2D eigenvalue weighted by molar-refractivity contribution is 0.00795. The van der Waals surface area contributed by atoms with Crippen molar-refractivity contribution in [3.63, 3.8) is 0 Å². The predicted molar refractivity (Wildman–Crippen MR) is 183 cm³/mol. The molecule has 2 heteroatoms. The highest BCUT2D eigenvalue weighted by Gasteiger charge is 2.25. The quantitative estimate of drug-likeness (QED) is 0.136. The zero-order chi connectivity index (χ0) is 29.4. The van der Waals surface area contributed by atoms with Crippen molar-refractivity contribution in [1.82, 2.24) is 10.0 Å². The molecule has 0 saturated heterocycles. The lowest BCUT2D eigenvalue weighted by Gasteiger charge is -2.42. The third-order valence-electron chi connectivity index (χ3n) is 6.70. The van der Waals surface area contributed by atoms with E-state index in [2.05, 4.69) is 159 Å². The first-order valence-electron chi connectivity index (χ1n) is 15.1. The van der Waals surface area contributed by atoms with Gasteiger partial charge in [0.2, 0.25) is 0 Å². The van der Waals surface area contributed by atoms with Crippen molar-refractivity contribution >= 4 is 0 Å². The van der Waals surface area contributed by atoms with Gasteiger partial charge in [-0.1, -0.05) is 173 Å². The molecule has 0 N–H and O–H groups in total. The van der Waals surface area contributed by atoms with Gasteiger partial charge in [-0.2, -0.15) is 0 Å². The van der Waals surface area contributed by atoms with Crippen molar-refractivity contribution in [3.8, 4) is 0 Å². The molecule has 2 rings (SSSR count). The molecule has 0 radical (unpaired) electrons. The molecular weight excluding hydrogens is 496 g/mol. The van der Waals surface area contributed by atoms with Crippen LogP contribution in [0.2, 0.25) is 0 Å². The van der Waals surface area contributed by atoms with Gasteiger partial charge in [-0.15, -0.1) is 0 Å². The van der Waals surface area contributed by atoms with Crippen molar-refractivity contribution in [2.24, 2.45) is 0 Å². The Hall–Kier alpha value is -3.88. The topological polar surface area (TPSA) is 6.48 Å². The number of likely N-dealkylation sites (N-methyl/N-ethyl adjacent to an activating group) is 1. The SMILES string of the molecule is CC/C=C\C(/C=C\CCCCC)N(C1=C/C=C\C=C/C=C\C=C/C=C\1)N(C)C(C)C1=C/C=C\C=C/C=C\C=C/C=C\1. The van der Waals surface area contributed by atoms with Gasteiger partial charge in [0, 0.05) is 7.05 Å². The average molecular weight is 547 g/mol. The summed E-state index contributed by atoms with van der Waals surface area (Å²) in [6.07, 6.45) is 61.3. The first-order chi connectivity index (χ1) is 20.2. The predicted octanol–water partition coefficient (Wildman–Crippen LogP) is 10.4. The second kappa shape index (κ2) is 21.9. The minimum atomic E-state index is 0.0694. The molecular formula is C39H50N2. The molecule has 2 aliphatic carbocycles. The van der Waals surface area contributed by atoms with E-state index in [4.69, 9.17) is 0 Å². The van der Waals surface area contributed by atoms with Crippen LogP contribution in [0.25, 0.3) is 0 Å². The molecule has 0 saturated carbocycles. The van der Waals surface area contributed by atoms with Crippen molar-refractivity contribution < 1.29 is 0 Å². The molecule has 0 aromatic heterocycles. The minimum Gasteiger partial charge on any atom is -0.295 e. The molecule has 2 nitrogen and oxygen atoms in total. The van der Waals surface area contributed by atoms with Gasteiger partial charge in [0.15, 0.2) is 0 Å². The number of hydrogen-bond donors (Lipinski definition) is 0. The number of hydrazine groups is 1. The van der Waals surface area contributed by atoms with E-state index >= 15 is 0 Å². The molecule has 2 atom stereocenters. The van der Waals surface area contributed by atoms with Crippen LogP contribution in [-0.4, -0.2) is 29.1 Å². The van der Waals surface area contributed by atoms with E-state index < -0.39 is 0 Å². The van der Waals surface area contributed by atoms with Crippen molar-refractivity contribution in [3.05, 3.63) is 169 Å². The summed E-state index contributed by atoms with van der Waals surface area (Å²) in [4.78, 5) is 0. The molecule has 0 amide bonds. The van der Waals surface area contributed by atoms with Gasteiger partial charge >= 0.3 is 0 Å². The van der Waals surface area contributed by atoms with Gasteiger partial charge in [0.25, 0.3) is 0 Å². The molecule has 0 bridgehead atoms. The fraction of sp³-hybridized carbons (Fsp3) is 0.282. The molecule has 0 aromatic rings. The number of hydrogen-bond acceptors (Lipinski definition) is 2. The molecule has 2 aliphatic rings. The maximum Gasteiger partial charge on any atom is 0.0818 e. The number of rotatable bonds is 12. The highest BCUT2D eigenvalue weighted by molar-refractivity contribution is 5.35. The summed E-state index contributed by atoms with van der Waals surface area (Å²) < 4.78 is 0. The van der Waals surface area contributed by atoms with Crippen LogP contribution in [0.15, 0.2) is 169 Å². The monoisotopic (exact) mass is 546 g/mol. The van der Waals surface area contributed by atoms with Gasteiger partial charge in [0.05, 0.1) is 17.8 Å². The van der Waals surface area contributed by atoms with Crippen LogP contribution < -0.4 is 0 Å². The summed E-state index contributed by atoms with van der Waals surface area (Å²) in [5.74, 6) is 0. The fourth-order valence-electron chi connectivity index (χ4n) is 4.30. The summed E-state index contributed by atoms with van der Waals surface area (Å²) in [6.45, 7) is 6.73. The first-order valence-corrected chi connectivity index (χ1v) is 15.1. The lowest BCUT2D eigenvalue weighted by atomic mass is 10.1. The van der Waals surface area contributed by atoms with Crippen molar-refractivity contribution in [2.45, 2.75) is 65.0 Å². The Kier molecular flexibility index (Phi) is 17.8.